The molecule has 0 saturated heterocycles. The molecule has 0 aliphatic rings. The minimum absolute atomic E-state index is 0.106. The van der Waals surface area contributed by atoms with Crippen LogP contribution >= 0.6 is 0 Å². The van der Waals surface area contributed by atoms with Crippen LogP contribution in [0, 0.1) is 10.1 Å². The van der Waals surface area contributed by atoms with Crippen LogP contribution in [0.15, 0.2) is 18.2 Å². The van der Waals surface area contributed by atoms with Crippen molar-refractivity contribution in [3.63, 3.8) is 0 Å². The van der Waals surface area contributed by atoms with Crippen molar-refractivity contribution >= 4 is 11.5 Å². The molecule has 1 rings (SSSR count). The smallest absolute Gasteiger partial charge is 0.270 e. The molecule has 0 aliphatic carbocycles. The van der Waals surface area contributed by atoms with Crippen molar-refractivity contribution in [2.75, 3.05) is 27.2 Å². The van der Waals surface area contributed by atoms with E-state index in [1.165, 1.54) is 25.1 Å². The zero-order valence-electron chi connectivity index (χ0n) is 11.4. The molecule has 0 amide bonds. The van der Waals surface area contributed by atoms with Gasteiger partial charge in [0.1, 0.15) is 5.75 Å². The van der Waals surface area contributed by atoms with Gasteiger partial charge in [0.15, 0.2) is 5.78 Å². The zero-order chi connectivity index (χ0) is 14.4. The maximum atomic E-state index is 11.5. The first-order valence-electron chi connectivity index (χ1n) is 5.98. The van der Waals surface area contributed by atoms with Crippen molar-refractivity contribution in [3.05, 3.63) is 33.9 Å². The van der Waals surface area contributed by atoms with E-state index in [4.69, 9.17) is 4.74 Å². The summed E-state index contributed by atoms with van der Waals surface area (Å²) in [6, 6.07) is 4.07. The molecule has 0 bridgehead atoms. The fraction of sp³-hybridized carbons (Fsp3) is 0.462. The summed E-state index contributed by atoms with van der Waals surface area (Å²) in [4.78, 5) is 23.6. The molecule has 1 aromatic carbocycles. The van der Waals surface area contributed by atoms with E-state index in [-0.39, 0.29) is 17.0 Å². The molecule has 0 N–H and O–H groups in total. The number of hydrogen-bond acceptors (Lipinski definition) is 5. The third kappa shape index (κ3) is 4.67. The van der Waals surface area contributed by atoms with Gasteiger partial charge in [0.05, 0.1) is 17.1 Å². The topological polar surface area (TPSA) is 72.7 Å². The summed E-state index contributed by atoms with van der Waals surface area (Å²) in [7, 11) is 3.93. The summed E-state index contributed by atoms with van der Waals surface area (Å²) in [5.41, 5.74) is 0.143. The molecule has 104 valence electrons. The predicted molar refractivity (Wildman–Crippen MR) is 71.8 cm³/mol. The van der Waals surface area contributed by atoms with E-state index in [1.54, 1.807) is 0 Å². The second-order valence-corrected chi connectivity index (χ2v) is 4.50. The molecule has 6 nitrogen and oxygen atoms in total. The van der Waals surface area contributed by atoms with Gasteiger partial charge >= 0.3 is 0 Å². The number of carbonyl (C=O) groups excluding carboxylic acids is 1. The Labute approximate surface area is 112 Å². The van der Waals surface area contributed by atoms with Crippen molar-refractivity contribution in [3.8, 4) is 5.75 Å². The first-order chi connectivity index (χ1) is 8.91. The zero-order valence-corrected chi connectivity index (χ0v) is 11.4. The number of carbonyl (C=O) groups is 1. The highest BCUT2D eigenvalue weighted by atomic mass is 16.6. The summed E-state index contributed by atoms with van der Waals surface area (Å²) in [5, 5.41) is 10.7. The molecule has 6 heteroatoms. The van der Waals surface area contributed by atoms with Crippen LogP contribution in [-0.2, 0) is 0 Å². The average Bonchev–Trinajstić information content (AvgIpc) is 2.34. The minimum atomic E-state index is -0.526. The highest BCUT2D eigenvalue weighted by molar-refractivity contribution is 5.97. The standard InChI is InChI=1S/C13H18N2O4/c1-10(16)12-9-11(15(17)18)5-6-13(12)19-8-4-7-14(2)3/h5-6,9H,4,7-8H2,1-3H3. The van der Waals surface area contributed by atoms with Gasteiger partial charge in [0.2, 0.25) is 0 Å². The van der Waals surface area contributed by atoms with Gasteiger partial charge in [-0.15, -0.1) is 0 Å². The van der Waals surface area contributed by atoms with Crippen molar-refractivity contribution in [2.45, 2.75) is 13.3 Å². The normalized spacial score (nSPS) is 10.5. The Balaban J connectivity index is 2.77. The van der Waals surface area contributed by atoms with E-state index >= 15 is 0 Å². The number of hydrogen-bond donors (Lipinski definition) is 0. The van der Waals surface area contributed by atoms with Gasteiger partial charge in [-0.05, 0) is 33.5 Å². The van der Waals surface area contributed by atoms with Gasteiger partial charge in [0, 0.05) is 18.7 Å². The van der Waals surface area contributed by atoms with Gasteiger partial charge in [-0.2, -0.15) is 0 Å². The maximum Gasteiger partial charge on any atom is 0.270 e. The van der Waals surface area contributed by atoms with Gasteiger partial charge in [-0.1, -0.05) is 0 Å². The molecule has 19 heavy (non-hydrogen) atoms. The molecule has 0 unspecified atom stereocenters. The Morgan fingerprint density at radius 2 is 2.11 bits per heavy atom. The summed E-state index contributed by atoms with van der Waals surface area (Å²) in [5.74, 6) is 0.156. The molecule has 0 heterocycles. The predicted octanol–water partition coefficient (Wildman–Crippen LogP) is 2.13. The van der Waals surface area contributed by atoms with Crippen LogP contribution < -0.4 is 4.74 Å². The van der Waals surface area contributed by atoms with E-state index in [1.807, 2.05) is 19.0 Å². The van der Waals surface area contributed by atoms with E-state index in [9.17, 15) is 14.9 Å². The second kappa shape index (κ2) is 6.84. The fourth-order valence-electron chi connectivity index (χ4n) is 1.60. The average molecular weight is 266 g/mol. The van der Waals surface area contributed by atoms with Crippen LogP contribution in [0.25, 0.3) is 0 Å². The molecule has 0 radical (unpaired) electrons. The Morgan fingerprint density at radius 1 is 1.42 bits per heavy atom. The lowest BCUT2D eigenvalue weighted by Gasteiger charge is -2.12. The Morgan fingerprint density at radius 3 is 2.63 bits per heavy atom. The Kier molecular flexibility index (Phi) is 5.44. The second-order valence-electron chi connectivity index (χ2n) is 4.50. The van der Waals surface area contributed by atoms with E-state index < -0.39 is 4.92 Å². The van der Waals surface area contributed by atoms with Crippen molar-refractivity contribution in [1.82, 2.24) is 4.90 Å². The lowest BCUT2D eigenvalue weighted by Crippen LogP contribution is -2.16. The molecule has 0 fully saturated rings. The minimum Gasteiger partial charge on any atom is -0.493 e. The third-order valence-electron chi connectivity index (χ3n) is 2.56. The highest BCUT2D eigenvalue weighted by Crippen LogP contribution is 2.24. The number of ether oxygens (including phenoxy) is 1. The number of nitro groups is 1. The number of non-ortho nitro benzene ring substituents is 1. The number of nitrogens with zero attached hydrogens (tertiary/aromatic N) is 2. The molecule has 0 aromatic heterocycles. The number of Topliss-reactive ketones (excluding diaryl/α,β-unsaturated/α-hetero) is 1. The number of ketones is 1. The summed E-state index contributed by atoms with van der Waals surface area (Å²) < 4.78 is 5.51. The van der Waals surface area contributed by atoms with E-state index in [2.05, 4.69) is 0 Å². The van der Waals surface area contributed by atoms with Gasteiger partial charge in [-0.25, -0.2) is 0 Å². The number of nitro benzene ring substituents is 1. The van der Waals surface area contributed by atoms with Crippen LogP contribution in [-0.4, -0.2) is 42.9 Å². The molecule has 0 atom stereocenters. The summed E-state index contributed by atoms with van der Waals surface area (Å²) in [6.45, 7) is 2.71. The molecule has 0 spiro atoms. The van der Waals surface area contributed by atoms with Crippen LogP contribution in [0.5, 0.6) is 5.75 Å². The van der Waals surface area contributed by atoms with Crippen LogP contribution in [0.4, 0.5) is 5.69 Å². The van der Waals surface area contributed by atoms with Crippen LogP contribution in [0.2, 0.25) is 0 Å². The lowest BCUT2D eigenvalue weighted by molar-refractivity contribution is -0.384. The molecule has 0 aliphatic heterocycles. The monoisotopic (exact) mass is 266 g/mol. The molecule has 1 aromatic rings. The highest BCUT2D eigenvalue weighted by Gasteiger charge is 2.14. The van der Waals surface area contributed by atoms with Crippen LogP contribution in [0.1, 0.15) is 23.7 Å². The molecular formula is C13H18N2O4. The Hall–Kier alpha value is -1.95. The van der Waals surface area contributed by atoms with Crippen molar-refractivity contribution in [1.29, 1.82) is 0 Å². The largest absolute Gasteiger partial charge is 0.493 e. The molecule has 0 saturated carbocycles. The van der Waals surface area contributed by atoms with Crippen LogP contribution in [0.3, 0.4) is 0 Å². The third-order valence-corrected chi connectivity index (χ3v) is 2.56. The number of rotatable bonds is 7. The SMILES string of the molecule is CC(=O)c1cc([N+](=O)[O-])ccc1OCCCN(C)C. The quantitative estimate of drug-likeness (QED) is 0.327. The first kappa shape index (κ1) is 15.1. The van der Waals surface area contributed by atoms with Crippen molar-refractivity contribution < 1.29 is 14.5 Å². The van der Waals surface area contributed by atoms with Gasteiger partial charge in [-0.3, -0.25) is 14.9 Å². The van der Waals surface area contributed by atoms with Crippen molar-refractivity contribution in [2.24, 2.45) is 0 Å². The van der Waals surface area contributed by atoms with Gasteiger partial charge in [0.25, 0.3) is 5.69 Å². The fourth-order valence-corrected chi connectivity index (χ4v) is 1.60. The lowest BCUT2D eigenvalue weighted by atomic mass is 10.1. The maximum absolute atomic E-state index is 11.5. The first-order valence-corrected chi connectivity index (χ1v) is 5.98. The van der Waals surface area contributed by atoms with Gasteiger partial charge < -0.3 is 9.64 Å². The summed E-state index contributed by atoms with van der Waals surface area (Å²) >= 11 is 0. The summed E-state index contributed by atoms with van der Waals surface area (Å²) in [6.07, 6.45) is 0.821. The molecular weight excluding hydrogens is 248 g/mol. The number of benzene rings is 1. The Bertz CT molecular complexity index is 472. The van der Waals surface area contributed by atoms with E-state index in [0.717, 1.165) is 13.0 Å². The van der Waals surface area contributed by atoms with E-state index in [0.29, 0.717) is 12.4 Å².